The Bertz CT molecular complexity index is 478. The molecular formula is C10H12N6O. The molecule has 0 saturated heterocycles. The van der Waals surface area contributed by atoms with E-state index in [1.807, 2.05) is 6.92 Å². The molecule has 0 aromatic carbocycles. The molecule has 0 radical (unpaired) electrons. The number of H-pyrrole nitrogens is 1. The smallest absolute Gasteiger partial charge is 0.276 e. The molecule has 0 aliphatic carbocycles. The number of nitrogens with one attached hydrogen (secondary N) is 3. The van der Waals surface area contributed by atoms with E-state index in [1.165, 1.54) is 6.20 Å². The van der Waals surface area contributed by atoms with Crippen molar-refractivity contribution in [2.45, 2.75) is 6.92 Å². The van der Waals surface area contributed by atoms with E-state index in [-0.39, 0.29) is 11.6 Å². The number of carbonyl (C=O) groups is 1. The molecule has 7 nitrogen and oxygen atoms in total. The number of rotatable bonds is 4. The largest absolute Gasteiger partial charge is 0.369 e. The van der Waals surface area contributed by atoms with Gasteiger partial charge < -0.3 is 10.6 Å². The van der Waals surface area contributed by atoms with Gasteiger partial charge in [0.1, 0.15) is 5.82 Å². The van der Waals surface area contributed by atoms with E-state index < -0.39 is 0 Å². The van der Waals surface area contributed by atoms with Crippen molar-refractivity contribution in [1.29, 1.82) is 0 Å². The summed E-state index contributed by atoms with van der Waals surface area (Å²) in [5.41, 5.74) is 0.848. The quantitative estimate of drug-likeness (QED) is 0.727. The number of aromatic amines is 1. The van der Waals surface area contributed by atoms with E-state index in [9.17, 15) is 4.79 Å². The third-order valence-corrected chi connectivity index (χ3v) is 2.01. The fourth-order valence-corrected chi connectivity index (χ4v) is 1.24. The van der Waals surface area contributed by atoms with Gasteiger partial charge in [0.15, 0.2) is 5.69 Å². The highest BCUT2D eigenvalue weighted by atomic mass is 16.1. The Hall–Kier alpha value is -2.44. The Kier molecular flexibility index (Phi) is 3.29. The van der Waals surface area contributed by atoms with Gasteiger partial charge in [-0.1, -0.05) is 0 Å². The highest BCUT2D eigenvalue weighted by Crippen LogP contribution is 2.06. The van der Waals surface area contributed by atoms with Crippen LogP contribution in [0.25, 0.3) is 0 Å². The predicted molar refractivity (Wildman–Crippen MR) is 62.7 cm³/mol. The van der Waals surface area contributed by atoms with Crippen LogP contribution in [0, 0.1) is 0 Å². The lowest BCUT2D eigenvalue weighted by atomic mass is 10.3. The third-order valence-electron chi connectivity index (χ3n) is 2.01. The molecule has 0 spiro atoms. The van der Waals surface area contributed by atoms with E-state index in [2.05, 4.69) is 31.0 Å². The maximum Gasteiger partial charge on any atom is 0.276 e. The Morgan fingerprint density at radius 1 is 1.41 bits per heavy atom. The molecule has 2 aromatic heterocycles. The predicted octanol–water partition coefficient (Wildman–Crippen LogP) is 0.884. The standard InChI is InChI=1S/C10H12N6O/c1-2-11-9-4-3-8(15-16-9)10(17)14-7-5-12-13-6-7/h3-6H,2H2,1H3,(H,11,16)(H,12,13)(H,14,17). The highest BCUT2D eigenvalue weighted by Gasteiger charge is 2.08. The lowest BCUT2D eigenvalue weighted by Crippen LogP contribution is -2.14. The van der Waals surface area contributed by atoms with E-state index in [4.69, 9.17) is 0 Å². The second-order valence-electron chi connectivity index (χ2n) is 3.28. The molecule has 17 heavy (non-hydrogen) atoms. The maximum absolute atomic E-state index is 11.7. The zero-order chi connectivity index (χ0) is 12.1. The molecule has 0 aliphatic rings. The number of carbonyl (C=O) groups excluding carboxylic acids is 1. The van der Waals surface area contributed by atoms with Crippen LogP contribution >= 0.6 is 0 Å². The van der Waals surface area contributed by atoms with E-state index in [1.54, 1.807) is 18.3 Å². The third kappa shape index (κ3) is 2.77. The van der Waals surface area contributed by atoms with Crippen molar-refractivity contribution in [3.8, 4) is 0 Å². The Labute approximate surface area is 97.6 Å². The van der Waals surface area contributed by atoms with Gasteiger partial charge in [-0.25, -0.2) is 0 Å². The minimum atomic E-state index is -0.318. The average Bonchev–Trinajstić information content (AvgIpc) is 2.83. The first-order valence-electron chi connectivity index (χ1n) is 5.17. The van der Waals surface area contributed by atoms with Crippen LogP contribution in [-0.2, 0) is 0 Å². The summed E-state index contributed by atoms with van der Waals surface area (Å²) in [6.07, 6.45) is 3.09. The van der Waals surface area contributed by atoms with Crippen LogP contribution in [0.4, 0.5) is 11.5 Å². The molecule has 0 saturated carbocycles. The topological polar surface area (TPSA) is 95.6 Å². The van der Waals surface area contributed by atoms with Gasteiger partial charge in [-0.05, 0) is 19.1 Å². The first kappa shape index (κ1) is 11.1. The lowest BCUT2D eigenvalue weighted by molar-refractivity contribution is 0.102. The van der Waals surface area contributed by atoms with Crippen molar-refractivity contribution >= 4 is 17.4 Å². The van der Waals surface area contributed by atoms with Crippen molar-refractivity contribution in [1.82, 2.24) is 20.4 Å². The number of nitrogens with zero attached hydrogens (tertiary/aromatic N) is 3. The minimum Gasteiger partial charge on any atom is -0.369 e. The van der Waals surface area contributed by atoms with E-state index in [0.717, 1.165) is 6.54 Å². The van der Waals surface area contributed by atoms with E-state index in [0.29, 0.717) is 11.5 Å². The van der Waals surface area contributed by atoms with Crippen LogP contribution in [0.3, 0.4) is 0 Å². The molecule has 0 atom stereocenters. The highest BCUT2D eigenvalue weighted by molar-refractivity contribution is 6.02. The van der Waals surface area contributed by atoms with Crippen LogP contribution < -0.4 is 10.6 Å². The van der Waals surface area contributed by atoms with Crippen molar-refractivity contribution in [3.63, 3.8) is 0 Å². The Balaban J connectivity index is 2.04. The number of anilines is 2. The zero-order valence-electron chi connectivity index (χ0n) is 9.27. The first-order chi connectivity index (χ1) is 8.29. The molecule has 1 amide bonds. The molecule has 7 heteroatoms. The molecule has 2 heterocycles. The summed E-state index contributed by atoms with van der Waals surface area (Å²) in [6.45, 7) is 2.72. The molecular weight excluding hydrogens is 220 g/mol. The summed E-state index contributed by atoms with van der Waals surface area (Å²) in [6, 6.07) is 3.32. The normalized spacial score (nSPS) is 9.94. The van der Waals surface area contributed by atoms with Gasteiger partial charge in [0.05, 0.1) is 11.9 Å². The van der Waals surface area contributed by atoms with Crippen LogP contribution in [0.1, 0.15) is 17.4 Å². The second-order valence-corrected chi connectivity index (χ2v) is 3.28. The summed E-state index contributed by atoms with van der Waals surface area (Å²) in [5, 5.41) is 19.7. The number of amides is 1. The Morgan fingerprint density at radius 3 is 2.88 bits per heavy atom. The van der Waals surface area contributed by atoms with Crippen molar-refractivity contribution in [2.75, 3.05) is 17.2 Å². The molecule has 0 aliphatic heterocycles. The zero-order valence-corrected chi connectivity index (χ0v) is 9.27. The molecule has 2 rings (SSSR count). The van der Waals surface area contributed by atoms with Gasteiger partial charge >= 0.3 is 0 Å². The van der Waals surface area contributed by atoms with Crippen LogP contribution in [0.2, 0.25) is 0 Å². The summed E-state index contributed by atoms with van der Waals surface area (Å²) in [5.74, 6) is 0.328. The summed E-state index contributed by atoms with van der Waals surface area (Å²) in [7, 11) is 0. The van der Waals surface area contributed by atoms with Gasteiger partial charge in [-0.15, -0.1) is 10.2 Å². The number of aromatic nitrogens is 4. The molecule has 88 valence electrons. The second kappa shape index (κ2) is 5.06. The fourth-order valence-electron chi connectivity index (χ4n) is 1.24. The summed E-state index contributed by atoms with van der Waals surface area (Å²) in [4.78, 5) is 11.7. The minimum absolute atomic E-state index is 0.257. The van der Waals surface area contributed by atoms with Crippen molar-refractivity contribution in [3.05, 3.63) is 30.2 Å². The monoisotopic (exact) mass is 232 g/mol. The molecule has 0 unspecified atom stereocenters. The van der Waals surface area contributed by atoms with Gasteiger partial charge in [0.25, 0.3) is 5.91 Å². The number of hydrogen-bond donors (Lipinski definition) is 3. The fraction of sp³-hybridized carbons (Fsp3) is 0.200. The van der Waals surface area contributed by atoms with Crippen LogP contribution in [0.15, 0.2) is 24.5 Å². The lowest BCUT2D eigenvalue weighted by Gasteiger charge is -2.03. The van der Waals surface area contributed by atoms with Crippen molar-refractivity contribution < 1.29 is 4.79 Å². The van der Waals surface area contributed by atoms with Crippen molar-refractivity contribution in [2.24, 2.45) is 0 Å². The average molecular weight is 232 g/mol. The van der Waals surface area contributed by atoms with Gasteiger partial charge in [-0.3, -0.25) is 9.89 Å². The molecule has 3 N–H and O–H groups in total. The summed E-state index contributed by atoms with van der Waals surface area (Å²) >= 11 is 0. The Morgan fingerprint density at radius 2 is 2.29 bits per heavy atom. The first-order valence-corrected chi connectivity index (χ1v) is 5.17. The van der Waals surface area contributed by atoms with Crippen LogP contribution in [0.5, 0.6) is 0 Å². The van der Waals surface area contributed by atoms with Gasteiger partial charge in [0.2, 0.25) is 0 Å². The van der Waals surface area contributed by atoms with Gasteiger partial charge in [0, 0.05) is 12.7 Å². The summed E-state index contributed by atoms with van der Waals surface area (Å²) < 4.78 is 0. The SMILES string of the molecule is CCNc1ccc(C(=O)Nc2cn[nH]c2)nn1. The number of hydrogen-bond acceptors (Lipinski definition) is 5. The van der Waals surface area contributed by atoms with Gasteiger partial charge in [-0.2, -0.15) is 5.10 Å². The molecule has 0 bridgehead atoms. The van der Waals surface area contributed by atoms with Crippen LogP contribution in [-0.4, -0.2) is 32.8 Å². The maximum atomic E-state index is 11.7. The molecule has 2 aromatic rings. The molecule has 0 fully saturated rings. The van der Waals surface area contributed by atoms with E-state index >= 15 is 0 Å².